The lowest BCUT2D eigenvalue weighted by Gasteiger charge is -2.13. The van der Waals surface area contributed by atoms with Crippen molar-refractivity contribution in [1.29, 1.82) is 0 Å². The SMILES string of the molecule is O=C(O)C1OC1(c1ccccc1)c1ccccc1. The minimum Gasteiger partial charge on any atom is -0.479 e. The van der Waals surface area contributed by atoms with Crippen molar-refractivity contribution in [3.63, 3.8) is 0 Å². The first-order valence-corrected chi connectivity index (χ1v) is 5.77. The lowest BCUT2D eigenvalue weighted by atomic mass is 9.88. The first-order chi connectivity index (χ1) is 8.75. The van der Waals surface area contributed by atoms with Crippen molar-refractivity contribution in [3.05, 3.63) is 71.8 Å². The highest BCUT2D eigenvalue weighted by atomic mass is 16.6. The van der Waals surface area contributed by atoms with Crippen LogP contribution >= 0.6 is 0 Å². The second-order valence-electron chi connectivity index (χ2n) is 4.30. The quantitative estimate of drug-likeness (QED) is 0.838. The summed E-state index contributed by atoms with van der Waals surface area (Å²) >= 11 is 0. The van der Waals surface area contributed by atoms with Gasteiger partial charge in [0, 0.05) is 0 Å². The average Bonchev–Trinajstić information content (AvgIpc) is 3.18. The van der Waals surface area contributed by atoms with Gasteiger partial charge in [-0.25, -0.2) is 4.79 Å². The third-order valence-corrected chi connectivity index (χ3v) is 3.25. The molecule has 3 nitrogen and oxygen atoms in total. The molecule has 0 amide bonds. The summed E-state index contributed by atoms with van der Waals surface area (Å²) in [6, 6.07) is 19.0. The molecule has 0 bridgehead atoms. The third-order valence-electron chi connectivity index (χ3n) is 3.25. The van der Waals surface area contributed by atoms with Gasteiger partial charge in [0.15, 0.2) is 11.7 Å². The maximum atomic E-state index is 11.2. The number of epoxide rings is 1. The Morgan fingerprint density at radius 1 is 0.944 bits per heavy atom. The smallest absolute Gasteiger partial charge is 0.336 e. The molecule has 0 aliphatic carbocycles. The molecule has 0 saturated carbocycles. The number of hydrogen-bond acceptors (Lipinski definition) is 2. The van der Waals surface area contributed by atoms with E-state index >= 15 is 0 Å². The molecule has 0 radical (unpaired) electrons. The fourth-order valence-electron chi connectivity index (χ4n) is 2.35. The van der Waals surface area contributed by atoms with Crippen molar-refractivity contribution >= 4 is 5.97 Å². The highest BCUT2D eigenvalue weighted by Crippen LogP contribution is 2.51. The number of carboxylic acid groups (broad SMARTS) is 1. The number of hydrogen-bond donors (Lipinski definition) is 1. The number of benzene rings is 2. The molecule has 3 rings (SSSR count). The first-order valence-electron chi connectivity index (χ1n) is 5.77. The first kappa shape index (κ1) is 11.0. The number of rotatable bonds is 3. The zero-order chi connectivity index (χ0) is 12.6. The van der Waals surface area contributed by atoms with Gasteiger partial charge in [0.25, 0.3) is 0 Å². The van der Waals surface area contributed by atoms with Crippen LogP contribution in [-0.2, 0) is 15.1 Å². The summed E-state index contributed by atoms with van der Waals surface area (Å²) in [5.74, 6) is -0.928. The van der Waals surface area contributed by atoms with Crippen LogP contribution in [0.2, 0.25) is 0 Å². The Bertz CT molecular complexity index is 523. The lowest BCUT2D eigenvalue weighted by molar-refractivity contribution is -0.138. The van der Waals surface area contributed by atoms with Gasteiger partial charge in [0.2, 0.25) is 0 Å². The molecule has 0 spiro atoms. The number of aliphatic carboxylic acids is 1. The van der Waals surface area contributed by atoms with Gasteiger partial charge in [-0.1, -0.05) is 60.7 Å². The molecule has 2 aromatic rings. The molecule has 1 unspecified atom stereocenters. The van der Waals surface area contributed by atoms with Crippen LogP contribution in [-0.4, -0.2) is 17.2 Å². The summed E-state index contributed by atoms with van der Waals surface area (Å²) in [5, 5.41) is 9.19. The summed E-state index contributed by atoms with van der Waals surface area (Å²) in [5.41, 5.74) is 0.932. The van der Waals surface area contributed by atoms with Crippen molar-refractivity contribution in [1.82, 2.24) is 0 Å². The third kappa shape index (κ3) is 1.52. The van der Waals surface area contributed by atoms with Gasteiger partial charge in [-0.15, -0.1) is 0 Å². The van der Waals surface area contributed by atoms with Crippen LogP contribution < -0.4 is 0 Å². The largest absolute Gasteiger partial charge is 0.479 e. The summed E-state index contributed by atoms with van der Waals surface area (Å²) in [6.07, 6.45) is -0.803. The fourth-order valence-corrected chi connectivity index (χ4v) is 2.35. The second-order valence-corrected chi connectivity index (χ2v) is 4.30. The Balaban J connectivity index is 2.11. The van der Waals surface area contributed by atoms with Crippen LogP contribution in [0.15, 0.2) is 60.7 Å². The Morgan fingerprint density at radius 2 is 1.39 bits per heavy atom. The molecule has 1 N–H and O–H groups in total. The fraction of sp³-hybridized carbons (Fsp3) is 0.133. The Hall–Kier alpha value is -2.13. The molecular weight excluding hydrogens is 228 g/mol. The molecular formula is C15H12O3. The van der Waals surface area contributed by atoms with Gasteiger partial charge in [-0.2, -0.15) is 0 Å². The van der Waals surface area contributed by atoms with Crippen LogP contribution in [0, 0.1) is 0 Å². The van der Waals surface area contributed by atoms with E-state index in [1.807, 2.05) is 60.7 Å². The van der Waals surface area contributed by atoms with Gasteiger partial charge in [0.1, 0.15) is 0 Å². The standard InChI is InChI=1S/C15H12O3/c16-14(17)13-15(18-13,11-7-3-1-4-8-11)12-9-5-2-6-10-12/h1-10,13H,(H,16,17). The van der Waals surface area contributed by atoms with E-state index in [0.29, 0.717) is 0 Å². The van der Waals surface area contributed by atoms with E-state index in [1.54, 1.807) is 0 Å². The van der Waals surface area contributed by atoms with Crippen LogP contribution in [0.5, 0.6) is 0 Å². The Kier molecular flexibility index (Phi) is 2.42. The van der Waals surface area contributed by atoms with E-state index in [1.165, 1.54) is 0 Å². The molecule has 1 aliphatic heterocycles. The maximum Gasteiger partial charge on any atom is 0.336 e. The maximum absolute atomic E-state index is 11.2. The molecule has 1 heterocycles. The Labute approximate surface area is 105 Å². The normalized spacial score (nSPS) is 20.3. The molecule has 1 aliphatic rings. The molecule has 3 heteroatoms. The summed E-state index contributed by atoms with van der Waals surface area (Å²) in [6.45, 7) is 0. The second kappa shape index (κ2) is 3.96. The summed E-state index contributed by atoms with van der Waals surface area (Å²) < 4.78 is 5.54. The van der Waals surface area contributed by atoms with Crippen LogP contribution in [0.4, 0.5) is 0 Å². The number of carboxylic acids is 1. The van der Waals surface area contributed by atoms with E-state index in [-0.39, 0.29) is 0 Å². The highest BCUT2D eigenvalue weighted by molar-refractivity contribution is 5.79. The van der Waals surface area contributed by atoms with Gasteiger partial charge in [-0.3, -0.25) is 0 Å². The zero-order valence-electron chi connectivity index (χ0n) is 9.61. The predicted octanol–water partition coefficient (Wildman–Crippen LogP) is 2.41. The van der Waals surface area contributed by atoms with Gasteiger partial charge in [0.05, 0.1) is 0 Å². The van der Waals surface area contributed by atoms with Gasteiger partial charge >= 0.3 is 5.97 Å². The van der Waals surface area contributed by atoms with Crippen molar-refractivity contribution in [3.8, 4) is 0 Å². The minimum absolute atomic E-state index is 0.803. The molecule has 90 valence electrons. The van der Waals surface area contributed by atoms with Gasteiger partial charge < -0.3 is 9.84 Å². The number of carbonyl (C=O) groups is 1. The number of ether oxygens (including phenoxy) is 1. The topological polar surface area (TPSA) is 49.8 Å². The van der Waals surface area contributed by atoms with Gasteiger partial charge in [-0.05, 0) is 11.1 Å². The molecule has 1 saturated heterocycles. The lowest BCUT2D eigenvalue weighted by Crippen LogP contribution is -2.20. The summed E-state index contributed by atoms with van der Waals surface area (Å²) in [7, 11) is 0. The van der Waals surface area contributed by atoms with E-state index in [9.17, 15) is 9.90 Å². The van der Waals surface area contributed by atoms with E-state index in [0.717, 1.165) is 11.1 Å². The molecule has 2 aromatic carbocycles. The van der Waals surface area contributed by atoms with E-state index in [2.05, 4.69) is 0 Å². The average molecular weight is 240 g/mol. The van der Waals surface area contributed by atoms with Crippen LogP contribution in [0.25, 0.3) is 0 Å². The van der Waals surface area contributed by atoms with Crippen molar-refractivity contribution in [2.75, 3.05) is 0 Å². The monoisotopic (exact) mass is 240 g/mol. The van der Waals surface area contributed by atoms with E-state index < -0.39 is 17.7 Å². The van der Waals surface area contributed by atoms with Crippen LogP contribution in [0.3, 0.4) is 0 Å². The van der Waals surface area contributed by atoms with Crippen LogP contribution in [0.1, 0.15) is 11.1 Å². The summed E-state index contributed by atoms with van der Waals surface area (Å²) in [4.78, 5) is 11.2. The predicted molar refractivity (Wildman–Crippen MR) is 66.2 cm³/mol. The van der Waals surface area contributed by atoms with Crippen molar-refractivity contribution < 1.29 is 14.6 Å². The molecule has 1 atom stereocenters. The molecule has 0 aromatic heterocycles. The molecule has 18 heavy (non-hydrogen) atoms. The Morgan fingerprint density at radius 3 is 1.72 bits per heavy atom. The van der Waals surface area contributed by atoms with E-state index in [4.69, 9.17) is 4.74 Å². The molecule has 1 fully saturated rings. The zero-order valence-corrected chi connectivity index (χ0v) is 9.61. The van der Waals surface area contributed by atoms with Crippen molar-refractivity contribution in [2.24, 2.45) is 0 Å². The van der Waals surface area contributed by atoms with Crippen molar-refractivity contribution in [2.45, 2.75) is 11.7 Å². The highest BCUT2D eigenvalue weighted by Gasteiger charge is 2.63. The minimum atomic E-state index is -0.928.